The Balaban J connectivity index is 1.49. The number of carbonyl (C=O) groups is 1. The topological polar surface area (TPSA) is 123 Å². The highest BCUT2D eigenvalue weighted by Crippen LogP contribution is 2.36. The van der Waals surface area contributed by atoms with E-state index < -0.39 is 5.82 Å². The second-order valence-corrected chi connectivity index (χ2v) is 10.9. The molecular formula is C30H30FN7O2. The molecule has 40 heavy (non-hydrogen) atoms. The minimum Gasteiger partial charge on any atom is -0.457 e. The van der Waals surface area contributed by atoms with Gasteiger partial charge in [-0.1, -0.05) is 45.0 Å². The number of likely N-dealkylation sites (tertiary alicyclic amines) is 1. The number of ether oxygens (including phenoxy) is 1. The van der Waals surface area contributed by atoms with Gasteiger partial charge in [-0.25, -0.2) is 19.0 Å². The van der Waals surface area contributed by atoms with Crippen LogP contribution in [0, 0.1) is 22.6 Å². The minimum atomic E-state index is -0.533. The molecular weight excluding hydrogens is 509 g/mol. The Labute approximate surface area is 231 Å². The molecule has 1 aliphatic rings. The lowest BCUT2D eigenvalue weighted by molar-refractivity contribution is -0.128. The van der Waals surface area contributed by atoms with Crippen LogP contribution in [0.4, 0.5) is 10.2 Å². The van der Waals surface area contributed by atoms with Crippen LogP contribution in [0.1, 0.15) is 39.7 Å². The van der Waals surface area contributed by atoms with Gasteiger partial charge in [-0.2, -0.15) is 10.4 Å². The number of nitriles is 1. The molecule has 1 saturated heterocycles. The lowest BCUT2D eigenvalue weighted by Gasteiger charge is -2.33. The number of piperidine rings is 1. The summed E-state index contributed by atoms with van der Waals surface area (Å²) in [6.45, 7) is 6.68. The number of fused-ring (bicyclic) bond motifs is 1. The molecule has 1 unspecified atom stereocenters. The number of amides is 1. The largest absolute Gasteiger partial charge is 0.457 e. The zero-order valence-corrected chi connectivity index (χ0v) is 22.6. The van der Waals surface area contributed by atoms with Crippen LogP contribution in [0.25, 0.3) is 22.3 Å². The van der Waals surface area contributed by atoms with Crippen molar-refractivity contribution in [1.29, 1.82) is 5.26 Å². The maximum atomic E-state index is 15.5. The summed E-state index contributed by atoms with van der Waals surface area (Å²) in [4.78, 5) is 23.5. The number of nitrogens with zero attached hydrogens (tertiary/aromatic N) is 6. The first-order valence-corrected chi connectivity index (χ1v) is 13.1. The maximum absolute atomic E-state index is 15.5. The molecule has 1 atom stereocenters. The molecule has 1 amide bonds. The number of benzene rings is 2. The van der Waals surface area contributed by atoms with E-state index in [9.17, 15) is 10.1 Å². The average molecular weight is 540 g/mol. The summed E-state index contributed by atoms with van der Waals surface area (Å²) >= 11 is 0. The van der Waals surface area contributed by atoms with Gasteiger partial charge in [-0.3, -0.25) is 4.79 Å². The molecule has 0 bridgehead atoms. The van der Waals surface area contributed by atoms with Crippen LogP contribution in [0.15, 0.2) is 66.5 Å². The van der Waals surface area contributed by atoms with Crippen molar-refractivity contribution in [2.45, 2.75) is 39.7 Å². The predicted octanol–water partition coefficient (Wildman–Crippen LogP) is 5.67. The van der Waals surface area contributed by atoms with Gasteiger partial charge in [0.2, 0.25) is 0 Å². The van der Waals surface area contributed by atoms with Crippen molar-refractivity contribution >= 4 is 22.8 Å². The summed E-state index contributed by atoms with van der Waals surface area (Å²) in [6.07, 6.45) is 4.48. The molecule has 4 aromatic rings. The van der Waals surface area contributed by atoms with Gasteiger partial charge < -0.3 is 15.4 Å². The van der Waals surface area contributed by atoms with E-state index in [2.05, 4.69) is 16.0 Å². The fourth-order valence-corrected chi connectivity index (χ4v) is 4.90. The van der Waals surface area contributed by atoms with E-state index >= 15 is 4.39 Å². The Morgan fingerprint density at radius 3 is 2.65 bits per heavy atom. The lowest BCUT2D eigenvalue weighted by Crippen LogP contribution is -2.41. The highest BCUT2D eigenvalue weighted by atomic mass is 19.1. The summed E-state index contributed by atoms with van der Waals surface area (Å²) in [7, 11) is 0. The molecule has 2 aromatic carbocycles. The Kier molecular flexibility index (Phi) is 7.22. The van der Waals surface area contributed by atoms with Crippen LogP contribution in [-0.4, -0.2) is 43.6 Å². The van der Waals surface area contributed by atoms with Gasteiger partial charge >= 0.3 is 0 Å². The molecule has 10 heteroatoms. The number of rotatable bonds is 5. The summed E-state index contributed by atoms with van der Waals surface area (Å²) in [5, 5.41) is 14.9. The third kappa shape index (κ3) is 5.50. The van der Waals surface area contributed by atoms with Crippen LogP contribution in [0.5, 0.6) is 11.5 Å². The van der Waals surface area contributed by atoms with E-state index in [0.29, 0.717) is 47.7 Å². The number of anilines is 1. The molecule has 0 spiro atoms. The molecule has 2 N–H and O–H groups in total. The fourth-order valence-electron chi connectivity index (χ4n) is 4.90. The molecule has 204 valence electrons. The first kappa shape index (κ1) is 26.8. The van der Waals surface area contributed by atoms with Gasteiger partial charge in [0, 0.05) is 24.7 Å². The summed E-state index contributed by atoms with van der Waals surface area (Å²) in [6, 6.07) is 15.5. The van der Waals surface area contributed by atoms with E-state index in [0.717, 1.165) is 6.42 Å². The number of nitrogen functional groups attached to an aromatic ring is 1. The molecule has 5 rings (SSSR count). The number of hydrogen-bond acceptors (Lipinski definition) is 7. The molecule has 1 aliphatic heterocycles. The zero-order chi connectivity index (χ0) is 28.4. The van der Waals surface area contributed by atoms with Crippen LogP contribution in [0.2, 0.25) is 0 Å². The molecule has 3 heterocycles. The zero-order valence-electron chi connectivity index (χ0n) is 22.6. The minimum absolute atomic E-state index is 0.116. The molecule has 9 nitrogen and oxygen atoms in total. The predicted molar refractivity (Wildman–Crippen MR) is 150 cm³/mol. The summed E-state index contributed by atoms with van der Waals surface area (Å²) in [5.74, 6) is 0.273. The van der Waals surface area contributed by atoms with Gasteiger partial charge in [-0.05, 0) is 42.5 Å². The Bertz CT molecular complexity index is 1630. The van der Waals surface area contributed by atoms with Crippen LogP contribution in [-0.2, 0) is 4.79 Å². The second-order valence-electron chi connectivity index (χ2n) is 10.9. The first-order chi connectivity index (χ1) is 19.1. The summed E-state index contributed by atoms with van der Waals surface area (Å²) in [5.41, 5.74) is 7.05. The van der Waals surface area contributed by atoms with Gasteiger partial charge in [0.25, 0.3) is 5.91 Å². The molecule has 1 fully saturated rings. The number of hydrogen-bond donors (Lipinski definition) is 1. The van der Waals surface area contributed by atoms with E-state index in [4.69, 9.17) is 15.6 Å². The van der Waals surface area contributed by atoms with E-state index in [1.54, 1.807) is 39.9 Å². The average Bonchev–Trinajstić information content (AvgIpc) is 3.32. The number of nitrogens with two attached hydrogens (primary N) is 1. The normalized spacial score (nSPS) is 16.1. The van der Waals surface area contributed by atoms with E-state index in [1.807, 2.05) is 39.0 Å². The van der Waals surface area contributed by atoms with E-state index in [1.165, 1.54) is 12.4 Å². The number of allylic oxidation sites excluding steroid dienone is 1. The Morgan fingerprint density at radius 2 is 1.95 bits per heavy atom. The molecule has 2 aromatic heterocycles. The van der Waals surface area contributed by atoms with Crippen molar-refractivity contribution < 1.29 is 13.9 Å². The highest BCUT2D eigenvalue weighted by Gasteiger charge is 2.31. The third-order valence-corrected chi connectivity index (χ3v) is 6.65. The standard InChI is InChI=1S/C30H30FN7O2/c1-30(2,3)15-19(16-32)29(39)37-13-7-8-20(17-37)38-28-25(27(33)34-18-35-28)26(36-38)23-12-11-22(14-24(23)31)40-21-9-5-4-6-10-21/h4-6,9-12,14-15,18,20H,7-8,13,17H2,1-3H3,(H2,33,34,35)/b19-15-. The lowest BCUT2D eigenvalue weighted by atomic mass is 9.93. The first-order valence-electron chi connectivity index (χ1n) is 13.1. The molecule has 0 aliphatic carbocycles. The number of carbonyl (C=O) groups excluding carboxylic acids is 1. The van der Waals surface area contributed by atoms with Crippen LogP contribution in [0.3, 0.4) is 0 Å². The SMILES string of the molecule is CC(C)(C)/C=C(/C#N)C(=O)N1CCCC(n2nc(-c3ccc(Oc4ccccc4)cc3F)c3c(N)ncnc32)C1. The highest BCUT2D eigenvalue weighted by molar-refractivity contribution is 5.99. The van der Waals surface area contributed by atoms with Crippen molar-refractivity contribution in [3.8, 4) is 28.8 Å². The van der Waals surface area contributed by atoms with Crippen molar-refractivity contribution in [2.75, 3.05) is 18.8 Å². The second kappa shape index (κ2) is 10.8. The smallest absolute Gasteiger partial charge is 0.264 e. The molecule has 0 radical (unpaired) electrons. The quantitative estimate of drug-likeness (QED) is 0.256. The van der Waals surface area contributed by atoms with Gasteiger partial charge in [0.05, 0.1) is 11.4 Å². The van der Waals surface area contributed by atoms with Crippen LogP contribution < -0.4 is 10.5 Å². The number of para-hydroxylation sites is 1. The fraction of sp³-hybridized carbons (Fsp3) is 0.300. The Morgan fingerprint density at radius 1 is 1.18 bits per heavy atom. The van der Waals surface area contributed by atoms with Crippen molar-refractivity contribution in [3.05, 3.63) is 72.3 Å². The number of halogens is 1. The monoisotopic (exact) mass is 539 g/mol. The van der Waals surface area contributed by atoms with Gasteiger partial charge in [0.15, 0.2) is 5.65 Å². The summed E-state index contributed by atoms with van der Waals surface area (Å²) < 4.78 is 23.0. The van der Waals surface area contributed by atoms with Crippen molar-refractivity contribution in [1.82, 2.24) is 24.6 Å². The van der Waals surface area contributed by atoms with Crippen molar-refractivity contribution in [3.63, 3.8) is 0 Å². The molecule has 0 saturated carbocycles. The van der Waals surface area contributed by atoms with E-state index in [-0.39, 0.29) is 34.3 Å². The Hall–Kier alpha value is -4.78. The van der Waals surface area contributed by atoms with Gasteiger partial charge in [-0.15, -0.1) is 0 Å². The van der Waals surface area contributed by atoms with Crippen LogP contribution >= 0.6 is 0 Å². The third-order valence-electron chi connectivity index (χ3n) is 6.65. The van der Waals surface area contributed by atoms with Gasteiger partial charge in [0.1, 0.15) is 46.8 Å². The number of aromatic nitrogens is 4. The van der Waals surface area contributed by atoms with Crippen molar-refractivity contribution in [2.24, 2.45) is 5.41 Å². The maximum Gasteiger partial charge on any atom is 0.264 e.